The van der Waals surface area contributed by atoms with E-state index in [1.807, 2.05) is 4.90 Å². The van der Waals surface area contributed by atoms with Gasteiger partial charge >= 0.3 is 6.03 Å². The molecule has 2 heterocycles. The molecular formula is C18H25N5O4. The number of urea groups is 1. The predicted octanol–water partition coefficient (Wildman–Crippen LogP) is 2.00. The zero-order valence-electron chi connectivity index (χ0n) is 15.5. The Bertz CT molecular complexity index is 724. The Morgan fingerprint density at radius 3 is 2.15 bits per heavy atom. The first-order valence-corrected chi connectivity index (χ1v) is 9.30. The molecule has 2 aliphatic heterocycles. The van der Waals surface area contributed by atoms with Crippen molar-refractivity contribution in [2.75, 3.05) is 51.6 Å². The smallest absolute Gasteiger partial charge is 0.320 e. The highest BCUT2D eigenvalue weighted by atomic mass is 16.6. The molecule has 146 valence electrons. The number of rotatable bonds is 3. The Labute approximate surface area is 158 Å². The van der Waals surface area contributed by atoms with Crippen molar-refractivity contribution in [3.63, 3.8) is 0 Å². The van der Waals surface area contributed by atoms with Crippen LogP contribution in [0.15, 0.2) is 18.2 Å². The van der Waals surface area contributed by atoms with E-state index in [2.05, 4.69) is 5.32 Å². The number of non-ortho nitro benzene ring substituents is 1. The summed E-state index contributed by atoms with van der Waals surface area (Å²) in [5, 5.41) is 13.9. The molecule has 0 atom stereocenters. The zero-order valence-corrected chi connectivity index (χ0v) is 15.5. The maximum Gasteiger partial charge on any atom is 0.320 e. The van der Waals surface area contributed by atoms with Gasteiger partial charge in [-0.15, -0.1) is 0 Å². The molecule has 1 N–H and O–H groups in total. The minimum Gasteiger partial charge on any atom is -0.387 e. The van der Waals surface area contributed by atoms with Crippen LogP contribution in [0.4, 0.5) is 16.2 Å². The van der Waals surface area contributed by atoms with Gasteiger partial charge in [0.25, 0.3) is 11.6 Å². The van der Waals surface area contributed by atoms with Crippen molar-refractivity contribution in [2.24, 2.45) is 0 Å². The van der Waals surface area contributed by atoms with Crippen LogP contribution in [0.5, 0.6) is 0 Å². The van der Waals surface area contributed by atoms with Crippen LogP contribution in [0.25, 0.3) is 0 Å². The van der Waals surface area contributed by atoms with Crippen molar-refractivity contribution >= 4 is 23.3 Å². The number of hydrogen-bond donors (Lipinski definition) is 1. The van der Waals surface area contributed by atoms with E-state index in [9.17, 15) is 19.7 Å². The monoisotopic (exact) mass is 375 g/mol. The van der Waals surface area contributed by atoms with E-state index in [4.69, 9.17) is 0 Å². The lowest BCUT2D eigenvalue weighted by Crippen LogP contribution is -2.54. The second-order valence-electron chi connectivity index (χ2n) is 6.85. The lowest BCUT2D eigenvalue weighted by atomic mass is 10.1. The molecule has 0 radical (unpaired) electrons. The molecule has 3 rings (SSSR count). The molecule has 0 aliphatic carbocycles. The molecule has 0 saturated carbocycles. The average molecular weight is 375 g/mol. The van der Waals surface area contributed by atoms with Gasteiger partial charge in [-0.3, -0.25) is 14.9 Å². The summed E-state index contributed by atoms with van der Waals surface area (Å²) in [6.07, 6.45) is 3.26. The number of nitro benzene ring substituents is 1. The number of hydrogen-bond acceptors (Lipinski definition) is 5. The molecule has 0 spiro atoms. The van der Waals surface area contributed by atoms with E-state index >= 15 is 0 Å². The highest BCUT2D eigenvalue weighted by Gasteiger charge is 2.29. The largest absolute Gasteiger partial charge is 0.387 e. The Morgan fingerprint density at radius 2 is 1.56 bits per heavy atom. The van der Waals surface area contributed by atoms with Crippen LogP contribution < -0.4 is 5.32 Å². The first-order valence-electron chi connectivity index (χ1n) is 9.30. The third-order valence-electron chi connectivity index (χ3n) is 5.18. The minimum atomic E-state index is -0.508. The van der Waals surface area contributed by atoms with Crippen LogP contribution in [0.2, 0.25) is 0 Å². The molecule has 2 saturated heterocycles. The van der Waals surface area contributed by atoms with Crippen molar-refractivity contribution < 1.29 is 14.5 Å². The number of amides is 3. The van der Waals surface area contributed by atoms with Crippen molar-refractivity contribution in [3.05, 3.63) is 33.9 Å². The normalized spacial score (nSPS) is 17.6. The fourth-order valence-corrected chi connectivity index (χ4v) is 3.60. The summed E-state index contributed by atoms with van der Waals surface area (Å²) in [5.41, 5.74) is 0.719. The lowest BCUT2D eigenvalue weighted by molar-refractivity contribution is -0.384. The topological polar surface area (TPSA) is 99.0 Å². The number of piperazine rings is 1. The van der Waals surface area contributed by atoms with Crippen molar-refractivity contribution in [3.8, 4) is 0 Å². The van der Waals surface area contributed by atoms with E-state index in [0.29, 0.717) is 31.9 Å². The van der Waals surface area contributed by atoms with E-state index < -0.39 is 4.92 Å². The molecule has 0 unspecified atom stereocenters. The molecule has 27 heavy (non-hydrogen) atoms. The number of carbonyl (C=O) groups is 2. The molecule has 1 aromatic rings. The maximum absolute atomic E-state index is 12.9. The second kappa shape index (κ2) is 8.24. The molecule has 9 heteroatoms. The quantitative estimate of drug-likeness (QED) is 0.643. The zero-order chi connectivity index (χ0) is 19.4. The van der Waals surface area contributed by atoms with Gasteiger partial charge in [0, 0.05) is 64.1 Å². The molecule has 0 bridgehead atoms. The van der Waals surface area contributed by atoms with Crippen LogP contribution in [-0.4, -0.2) is 77.9 Å². The molecule has 1 aromatic carbocycles. The highest BCUT2D eigenvalue weighted by molar-refractivity contribution is 6.00. The van der Waals surface area contributed by atoms with Crippen LogP contribution >= 0.6 is 0 Å². The van der Waals surface area contributed by atoms with Crippen LogP contribution in [0.1, 0.15) is 29.6 Å². The number of benzene rings is 1. The fraction of sp³-hybridized carbons (Fsp3) is 0.556. The van der Waals surface area contributed by atoms with Crippen LogP contribution in [0.3, 0.4) is 0 Å². The summed E-state index contributed by atoms with van der Waals surface area (Å²) in [4.78, 5) is 41.3. The van der Waals surface area contributed by atoms with Gasteiger partial charge in [0.15, 0.2) is 0 Å². The van der Waals surface area contributed by atoms with E-state index in [0.717, 1.165) is 25.9 Å². The molecular weight excluding hydrogens is 350 g/mol. The number of carbonyl (C=O) groups excluding carboxylic acids is 2. The molecule has 0 aromatic heterocycles. The third-order valence-corrected chi connectivity index (χ3v) is 5.18. The highest BCUT2D eigenvalue weighted by Crippen LogP contribution is 2.24. The summed E-state index contributed by atoms with van der Waals surface area (Å²) in [6.45, 7) is 3.40. The van der Waals surface area contributed by atoms with E-state index in [-0.39, 0.29) is 23.2 Å². The SMILES string of the molecule is CNc1ccc([N+](=O)[O-])cc1C(=O)N1CCN(C(=O)N2CCCCC2)CC1. The molecule has 9 nitrogen and oxygen atoms in total. The standard InChI is InChI=1S/C18H25N5O4/c1-19-16-6-5-14(23(26)27)13-15(16)17(24)20-9-11-22(12-10-20)18(25)21-7-3-2-4-8-21/h5-6,13,19H,2-4,7-12H2,1H3. The Balaban J connectivity index is 1.65. The number of nitrogens with one attached hydrogen (secondary N) is 1. The number of nitrogens with zero attached hydrogens (tertiary/aromatic N) is 4. The van der Waals surface area contributed by atoms with Gasteiger partial charge in [0.1, 0.15) is 0 Å². The summed E-state index contributed by atoms with van der Waals surface area (Å²) in [6, 6.07) is 4.27. The van der Waals surface area contributed by atoms with Gasteiger partial charge in [-0.25, -0.2) is 4.79 Å². The summed E-state index contributed by atoms with van der Waals surface area (Å²) < 4.78 is 0. The average Bonchev–Trinajstić information content (AvgIpc) is 2.73. The fourth-order valence-electron chi connectivity index (χ4n) is 3.60. The number of nitro groups is 1. The Morgan fingerprint density at radius 1 is 0.963 bits per heavy atom. The van der Waals surface area contributed by atoms with Gasteiger partial charge in [0.05, 0.1) is 10.5 Å². The lowest BCUT2D eigenvalue weighted by Gasteiger charge is -2.38. The van der Waals surface area contributed by atoms with Crippen molar-refractivity contribution in [2.45, 2.75) is 19.3 Å². The van der Waals surface area contributed by atoms with Gasteiger partial charge in [-0.1, -0.05) is 0 Å². The van der Waals surface area contributed by atoms with Gasteiger partial charge in [-0.2, -0.15) is 0 Å². The molecule has 2 aliphatic rings. The van der Waals surface area contributed by atoms with Crippen LogP contribution in [-0.2, 0) is 0 Å². The van der Waals surface area contributed by atoms with Gasteiger partial charge in [0.2, 0.25) is 0 Å². The Hall–Kier alpha value is -2.84. The Kier molecular flexibility index (Phi) is 5.78. The predicted molar refractivity (Wildman–Crippen MR) is 101 cm³/mol. The van der Waals surface area contributed by atoms with Crippen LogP contribution in [0, 0.1) is 10.1 Å². The van der Waals surface area contributed by atoms with Crippen molar-refractivity contribution in [1.29, 1.82) is 0 Å². The molecule has 3 amide bonds. The number of likely N-dealkylation sites (tertiary alicyclic amines) is 1. The second-order valence-corrected chi connectivity index (χ2v) is 6.85. The van der Waals surface area contributed by atoms with Gasteiger partial charge < -0.3 is 20.0 Å². The number of piperidine rings is 1. The van der Waals surface area contributed by atoms with E-state index in [1.165, 1.54) is 18.6 Å². The van der Waals surface area contributed by atoms with E-state index in [1.54, 1.807) is 22.9 Å². The number of anilines is 1. The minimum absolute atomic E-state index is 0.0491. The first-order chi connectivity index (χ1) is 13.0. The maximum atomic E-state index is 12.9. The third kappa shape index (κ3) is 4.12. The molecule has 2 fully saturated rings. The first kappa shape index (κ1) is 18.9. The van der Waals surface area contributed by atoms with Crippen molar-refractivity contribution in [1.82, 2.24) is 14.7 Å². The summed E-state index contributed by atoms with van der Waals surface area (Å²) in [5.74, 6) is -0.256. The van der Waals surface area contributed by atoms with Gasteiger partial charge in [-0.05, 0) is 25.3 Å². The summed E-state index contributed by atoms with van der Waals surface area (Å²) in [7, 11) is 1.67. The summed E-state index contributed by atoms with van der Waals surface area (Å²) >= 11 is 0.